The summed E-state index contributed by atoms with van der Waals surface area (Å²) in [4.78, 5) is 2.41. The Morgan fingerprint density at radius 2 is 1.41 bits per heavy atom. The van der Waals surface area contributed by atoms with Crippen LogP contribution < -0.4 is 10.6 Å². The monoisotopic (exact) mass is 310 g/mol. The minimum absolute atomic E-state index is 0.695. The van der Waals surface area contributed by atoms with E-state index in [2.05, 4.69) is 49.1 Å². The number of hydrogen-bond donors (Lipinski definition) is 1. The number of para-hydroxylation sites is 1. The Balaban J connectivity index is -0.000000344. The molecule has 1 atom stereocenters. The van der Waals surface area contributed by atoms with Gasteiger partial charge in [-0.3, -0.25) is 0 Å². The summed E-state index contributed by atoms with van der Waals surface area (Å²) in [6, 6.07) is 10.6. The van der Waals surface area contributed by atoms with Crippen LogP contribution in [-0.2, 0) is 0 Å². The maximum Gasteiger partial charge on any atom is 0.0366 e. The highest BCUT2D eigenvalue weighted by atomic mass is 15.2. The molecule has 0 spiro atoms. The quantitative estimate of drug-likeness (QED) is 0.729. The lowest BCUT2D eigenvalue weighted by Gasteiger charge is -2.17. The van der Waals surface area contributed by atoms with Crippen LogP contribution in [0.3, 0.4) is 0 Å². The second kappa shape index (κ2) is 22.3. The van der Waals surface area contributed by atoms with Crippen molar-refractivity contribution >= 4 is 5.69 Å². The molecule has 1 heterocycles. The predicted octanol–water partition coefficient (Wildman–Crippen LogP) is 5.97. The molecule has 0 bridgehead atoms. The minimum atomic E-state index is 0.695. The minimum Gasteiger partial charge on any atom is -0.371 e. The van der Waals surface area contributed by atoms with Gasteiger partial charge in [-0.05, 0) is 31.0 Å². The Kier molecular flexibility index (Phi) is 26.2. The molecule has 1 aromatic rings. The molecular weight excluding hydrogens is 268 g/mol. The van der Waals surface area contributed by atoms with Crippen molar-refractivity contribution in [2.45, 2.75) is 68.2 Å². The largest absolute Gasteiger partial charge is 0.371 e. The standard InChI is InChI=1S/C11H16N2.C3H8.3C2H6/c12-8-10-6-7-13(9-10)11-4-2-1-3-5-11;1-3-2;3*1-2/h1-5,10H,6-9,12H2;3H2,1-2H3;3*1-2H3. The average Bonchev–Trinajstić information content (AvgIpc) is 3.11. The van der Waals surface area contributed by atoms with E-state index in [1.165, 1.54) is 18.5 Å². The molecular formula is C20H42N2. The normalized spacial score (nSPS) is 14.8. The van der Waals surface area contributed by atoms with Crippen LogP contribution in [0.2, 0.25) is 0 Å². The Morgan fingerprint density at radius 1 is 0.955 bits per heavy atom. The van der Waals surface area contributed by atoms with E-state index < -0.39 is 0 Å². The summed E-state index contributed by atoms with van der Waals surface area (Å²) in [5.41, 5.74) is 6.98. The van der Waals surface area contributed by atoms with E-state index in [0.717, 1.165) is 19.6 Å². The number of rotatable bonds is 2. The Hall–Kier alpha value is -1.02. The van der Waals surface area contributed by atoms with Crippen molar-refractivity contribution in [1.82, 2.24) is 0 Å². The number of hydrogen-bond acceptors (Lipinski definition) is 2. The second-order valence-corrected chi connectivity index (χ2v) is 4.38. The number of nitrogens with zero attached hydrogens (tertiary/aromatic N) is 1. The zero-order valence-electron chi connectivity index (χ0n) is 16.5. The molecule has 2 N–H and O–H groups in total. The molecule has 1 aromatic carbocycles. The van der Waals surface area contributed by atoms with Crippen molar-refractivity contribution in [3.05, 3.63) is 30.3 Å². The molecule has 0 saturated carbocycles. The summed E-state index contributed by atoms with van der Waals surface area (Å²) in [6.45, 7) is 19.4. The zero-order chi connectivity index (χ0) is 17.8. The number of benzene rings is 1. The first-order valence-corrected chi connectivity index (χ1v) is 9.31. The van der Waals surface area contributed by atoms with Crippen LogP contribution in [0.4, 0.5) is 5.69 Å². The average molecular weight is 311 g/mol. The predicted molar refractivity (Wildman–Crippen MR) is 106 cm³/mol. The van der Waals surface area contributed by atoms with Gasteiger partial charge in [0.15, 0.2) is 0 Å². The molecule has 1 unspecified atom stereocenters. The van der Waals surface area contributed by atoms with Crippen molar-refractivity contribution in [2.24, 2.45) is 11.7 Å². The van der Waals surface area contributed by atoms with Crippen molar-refractivity contribution in [2.75, 3.05) is 24.5 Å². The van der Waals surface area contributed by atoms with E-state index in [1.54, 1.807) is 0 Å². The fraction of sp³-hybridized carbons (Fsp3) is 0.700. The Bertz CT molecular complexity index is 272. The molecule has 132 valence electrons. The molecule has 22 heavy (non-hydrogen) atoms. The van der Waals surface area contributed by atoms with Gasteiger partial charge in [0.2, 0.25) is 0 Å². The molecule has 0 radical (unpaired) electrons. The summed E-state index contributed by atoms with van der Waals surface area (Å²) in [5.74, 6) is 0.695. The van der Waals surface area contributed by atoms with Crippen LogP contribution in [0.15, 0.2) is 30.3 Å². The van der Waals surface area contributed by atoms with Crippen LogP contribution in [0.5, 0.6) is 0 Å². The van der Waals surface area contributed by atoms with Crippen molar-refractivity contribution in [3.63, 3.8) is 0 Å². The lowest BCUT2D eigenvalue weighted by atomic mass is 10.1. The van der Waals surface area contributed by atoms with Crippen LogP contribution in [0.1, 0.15) is 68.2 Å². The molecule has 2 heteroatoms. The maximum absolute atomic E-state index is 5.65. The van der Waals surface area contributed by atoms with E-state index >= 15 is 0 Å². The Labute approximate surface area is 141 Å². The van der Waals surface area contributed by atoms with E-state index in [4.69, 9.17) is 5.73 Å². The van der Waals surface area contributed by atoms with Gasteiger partial charge in [0.05, 0.1) is 0 Å². The molecule has 1 aliphatic heterocycles. The van der Waals surface area contributed by atoms with Crippen LogP contribution in [-0.4, -0.2) is 19.6 Å². The van der Waals surface area contributed by atoms with Crippen LogP contribution in [0, 0.1) is 5.92 Å². The van der Waals surface area contributed by atoms with E-state index in [1.807, 2.05) is 41.5 Å². The van der Waals surface area contributed by atoms with E-state index in [0.29, 0.717) is 5.92 Å². The fourth-order valence-corrected chi connectivity index (χ4v) is 1.90. The maximum atomic E-state index is 5.65. The third-order valence-corrected chi connectivity index (χ3v) is 2.74. The first-order valence-electron chi connectivity index (χ1n) is 9.31. The third-order valence-electron chi connectivity index (χ3n) is 2.74. The summed E-state index contributed by atoms with van der Waals surface area (Å²) in [6.07, 6.45) is 2.49. The van der Waals surface area contributed by atoms with Crippen LogP contribution in [0.25, 0.3) is 0 Å². The van der Waals surface area contributed by atoms with E-state index in [9.17, 15) is 0 Å². The molecule has 1 aliphatic rings. The zero-order valence-corrected chi connectivity index (χ0v) is 16.5. The van der Waals surface area contributed by atoms with Gasteiger partial charge in [-0.1, -0.05) is 80.0 Å². The van der Waals surface area contributed by atoms with Gasteiger partial charge in [-0.2, -0.15) is 0 Å². The van der Waals surface area contributed by atoms with E-state index in [-0.39, 0.29) is 0 Å². The summed E-state index contributed by atoms with van der Waals surface area (Å²) < 4.78 is 0. The van der Waals surface area contributed by atoms with Gasteiger partial charge in [0, 0.05) is 18.8 Å². The molecule has 2 nitrogen and oxygen atoms in total. The van der Waals surface area contributed by atoms with Gasteiger partial charge in [0.25, 0.3) is 0 Å². The molecule has 0 aromatic heterocycles. The summed E-state index contributed by atoms with van der Waals surface area (Å²) in [7, 11) is 0. The molecule has 1 saturated heterocycles. The van der Waals surface area contributed by atoms with Crippen molar-refractivity contribution in [3.8, 4) is 0 Å². The smallest absolute Gasteiger partial charge is 0.0366 e. The Morgan fingerprint density at radius 3 is 1.77 bits per heavy atom. The van der Waals surface area contributed by atoms with Gasteiger partial charge < -0.3 is 10.6 Å². The van der Waals surface area contributed by atoms with Crippen molar-refractivity contribution in [1.29, 1.82) is 0 Å². The lowest BCUT2D eigenvalue weighted by molar-refractivity contribution is 0.602. The van der Waals surface area contributed by atoms with Crippen molar-refractivity contribution < 1.29 is 0 Å². The molecule has 0 aliphatic carbocycles. The van der Waals surface area contributed by atoms with Gasteiger partial charge >= 0.3 is 0 Å². The number of nitrogens with two attached hydrogens (primary N) is 1. The molecule has 1 fully saturated rings. The molecule has 0 amide bonds. The molecule has 2 rings (SSSR count). The number of anilines is 1. The SMILES string of the molecule is CC.CC.CC.CCC.NCC1CCN(c2ccccc2)C1. The first-order chi connectivity index (χ1) is 10.8. The van der Waals surface area contributed by atoms with Gasteiger partial charge in [-0.15, -0.1) is 0 Å². The van der Waals surface area contributed by atoms with Gasteiger partial charge in [0.1, 0.15) is 0 Å². The lowest BCUT2D eigenvalue weighted by Crippen LogP contribution is -2.22. The highest BCUT2D eigenvalue weighted by Crippen LogP contribution is 2.22. The summed E-state index contributed by atoms with van der Waals surface area (Å²) >= 11 is 0. The highest BCUT2D eigenvalue weighted by molar-refractivity contribution is 5.46. The fourth-order valence-electron chi connectivity index (χ4n) is 1.90. The van der Waals surface area contributed by atoms with Crippen LogP contribution >= 0.6 is 0 Å². The summed E-state index contributed by atoms with van der Waals surface area (Å²) in [5, 5.41) is 0. The topological polar surface area (TPSA) is 29.3 Å². The first kappa shape index (κ1) is 25.9. The second-order valence-electron chi connectivity index (χ2n) is 4.38. The third kappa shape index (κ3) is 12.7. The highest BCUT2D eigenvalue weighted by Gasteiger charge is 2.20. The van der Waals surface area contributed by atoms with Gasteiger partial charge in [-0.25, -0.2) is 0 Å².